The van der Waals surface area contributed by atoms with Gasteiger partial charge < -0.3 is 25.0 Å². The standard InChI is InChI=1S/C20H28N4O2.HI/c1-21-20(22-13-15-7-6-8-17(11-15)24(2)3)23-14-16-9-10-18(25-4)19(12-16)26-5;/h6-12H,13-14H2,1-5H3,(H2,21,22,23);1H. The van der Waals surface area contributed by atoms with Gasteiger partial charge in [0.15, 0.2) is 17.5 Å². The largest absolute Gasteiger partial charge is 0.493 e. The molecule has 148 valence electrons. The molecule has 0 radical (unpaired) electrons. The fourth-order valence-electron chi connectivity index (χ4n) is 2.53. The number of anilines is 1. The number of rotatable bonds is 7. The van der Waals surface area contributed by atoms with Gasteiger partial charge in [-0.2, -0.15) is 0 Å². The molecule has 2 rings (SSSR count). The van der Waals surface area contributed by atoms with E-state index in [1.165, 1.54) is 11.3 Å². The van der Waals surface area contributed by atoms with Crippen molar-refractivity contribution in [2.75, 3.05) is 40.3 Å². The number of hydrogen-bond donors (Lipinski definition) is 2. The number of hydrogen-bond acceptors (Lipinski definition) is 4. The highest BCUT2D eigenvalue weighted by Gasteiger charge is 2.06. The second kappa shape index (κ2) is 11.5. The van der Waals surface area contributed by atoms with Gasteiger partial charge in [0.05, 0.1) is 14.2 Å². The van der Waals surface area contributed by atoms with Gasteiger partial charge in [0.1, 0.15) is 0 Å². The Bertz CT molecular complexity index is 751. The van der Waals surface area contributed by atoms with Crippen LogP contribution in [0, 0.1) is 0 Å². The highest BCUT2D eigenvalue weighted by molar-refractivity contribution is 14.0. The van der Waals surface area contributed by atoms with Gasteiger partial charge in [-0.3, -0.25) is 4.99 Å². The third-order valence-electron chi connectivity index (χ3n) is 4.02. The minimum absolute atomic E-state index is 0. The van der Waals surface area contributed by atoms with Crippen molar-refractivity contribution in [3.63, 3.8) is 0 Å². The first-order valence-electron chi connectivity index (χ1n) is 8.49. The van der Waals surface area contributed by atoms with E-state index >= 15 is 0 Å². The van der Waals surface area contributed by atoms with Crippen LogP contribution in [0.4, 0.5) is 5.69 Å². The number of benzene rings is 2. The SMILES string of the molecule is CN=C(NCc1cccc(N(C)C)c1)NCc1ccc(OC)c(OC)c1.I. The monoisotopic (exact) mass is 484 g/mol. The van der Waals surface area contributed by atoms with Crippen molar-refractivity contribution in [3.05, 3.63) is 53.6 Å². The molecule has 0 spiro atoms. The van der Waals surface area contributed by atoms with E-state index < -0.39 is 0 Å². The molecule has 0 bridgehead atoms. The number of nitrogens with zero attached hydrogens (tertiary/aromatic N) is 2. The Balaban J connectivity index is 0.00000364. The molecule has 0 atom stereocenters. The molecule has 2 aromatic carbocycles. The summed E-state index contributed by atoms with van der Waals surface area (Å²) in [6, 6.07) is 14.3. The summed E-state index contributed by atoms with van der Waals surface area (Å²) in [5.41, 5.74) is 3.46. The molecule has 2 aromatic rings. The molecule has 0 aliphatic rings. The fourth-order valence-corrected chi connectivity index (χ4v) is 2.53. The Morgan fingerprint density at radius 1 is 0.926 bits per heavy atom. The van der Waals surface area contributed by atoms with Crippen LogP contribution in [0.2, 0.25) is 0 Å². The molecule has 0 aliphatic heterocycles. The van der Waals surface area contributed by atoms with Crippen LogP contribution in [0.5, 0.6) is 11.5 Å². The van der Waals surface area contributed by atoms with Crippen molar-refractivity contribution < 1.29 is 9.47 Å². The van der Waals surface area contributed by atoms with Crippen LogP contribution in [-0.4, -0.2) is 41.3 Å². The number of halogens is 1. The summed E-state index contributed by atoms with van der Waals surface area (Å²) in [5, 5.41) is 6.65. The van der Waals surface area contributed by atoms with Gasteiger partial charge in [0.2, 0.25) is 0 Å². The Labute approximate surface area is 179 Å². The van der Waals surface area contributed by atoms with Crippen LogP contribution in [0.3, 0.4) is 0 Å². The van der Waals surface area contributed by atoms with E-state index in [0.717, 1.165) is 23.0 Å². The summed E-state index contributed by atoms with van der Waals surface area (Å²) in [7, 11) is 9.11. The average Bonchev–Trinajstić information content (AvgIpc) is 2.68. The first-order valence-corrected chi connectivity index (χ1v) is 8.49. The molecule has 7 heteroatoms. The van der Waals surface area contributed by atoms with Gasteiger partial charge in [-0.05, 0) is 35.4 Å². The van der Waals surface area contributed by atoms with Gasteiger partial charge in [0.25, 0.3) is 0 Å². The molecular weight excluding hydrogens is 455 g/mol. The number of guanidine groups is 1. The second-order valence-electron chi connectivity index (χ2n) is 6.03. The highest BCUT2D eigenvalue weighted by atomic mass is 127. The lowest BCUT2D eigenvalue weighted by atomic mass is 10.2. The second-order valence-corrected chi connectivity index (χ2v) is 6.03. The van der Waals surface area contributed by atoms with Gasteiger partial charge >= 0.3 is 0 Å². The normalized spacial score (nSPS) is 10.6. The van der Waals surface area contributed by atoms with Crippen LogP contribution in [0.25, 0.3) is 0 Å². The molecular formula is C20H29IN4O2. The number of nitrogens with one attached hydrogen (secondary N) is 2. The number of ether oxygens (including phenoxy) is 2. The van der Waals surface area contributed by atoms with Crippen molar-refractivity contribution >= 4 is 35.6 Å². The van der Waals surface area contributed by atoms with E-state index in [4.69, 9.17) is 9.47 Å². The molecule has 6 nitrogen and oxygen atoms in total. The third-order valence-corrected chi connectivity index (χ3v) is 4.02. The van der Waals surface area contributed by atoms with Gasteiger partial charge in [-0.1, -0.05) is 18.2 Å². The van der Waals surface area contributed by atoms with E-state index in [9.17, 15) is 0 Å². The zero-order valence-corrected chi connectivity index (χ0v) is 18.9. The first-order chi connectivity index (χ1) is 12.6. The summed E-state index contributed by atoms with van der Waals surface area (Å²) in [6.07, 6.45) is 0. The first kappa shape index (κ1) is 22.9. The predicted octanol–water partition coefficient (Wildman–Crippen LogP) is 3.25. The van der Waals surface area contributed by atoms with Crippen molar-refractivity contribution in [2.24, 2.45) is 4.99 Å². The fraction of sp³-hybridized carbons (Fsp3) is 0.350. The lowest BCUT2D eigenvalue weighted by Crippen LogP contribution is -2.36. The summed E-state index contributed by atoms with van der Waals surface area (Å²) in [5.74, 6) is 2.19. The summed E-state index contributed by atoms with van der Waals surface area (Å²) >= 11 is 0. The minimum Gasteiger partial charge on any atom is -0.493 e. The number of aliphatic imine (C=N–C) groups is 1. The van der Waals surface area contributed by atoms with Gasteiger partial charge in [-0.15, -0.1) is 24.0 Å². The molecule has 0 aromatic heterocycles. The summed E-state index contributed by atoms with van der Waals surface area (Å²) < 4.78 is 10.6. The molecule has 0 fully saturated rings. The molecule has 0 amide bonds. The van der Waals surface area contributed by atoms with E-state index in [0.29, 0.717) is 13.1 Å². The molecule has 0 unspecified atom stereocenters. The third kappa shape index (κ3) is 6.82. The molecule has 0 saturated carbocycles. The van der Waals surface area contributed by atoms with Crippen LogP contribution in [0.15, 0.2) is 47.5 Å². The molecule has 0 heterocycles. The minimum atomic E-state index is 0. The van der Waals surface area contributed by atoms with Crippen molar-refractivity contribution in [1.29, 1.82) is 0 Å². The molecule has 0 aliphatic carbocycles. The Hall–Kier alpha value is -2.16. The Morgan fingerprint density at radius 3 is 2.11 bits per heavy atom. The van der Waals surface area contributed by atoms with E-state index in [1.807, 2.05) is 32.3 Å². The van der Waals surface area contributed by atoms with E-state index in [-0.39, 0.29) is 24.0 Å². The topological polar surface area (TPSA) is 58.1 Å². The van der Waals surface area contributed by atoms with E-state index in [1.54, 1.807) is 21.3 Å². The predicted molar refractivity (Wildman–Crippen MR) is 123 cm³/mol. The molecule has 2 N–H and O–H groups in total. The maximum absolute atomic E-state index is 5.34. The summed E-state index contributed by atoms with van der Waals surface area (Å²) in [6.45, 7) is 1.34. The van der Waals surface area contributed by atoms with Crippen LogP contribution >= 0.6 is 24.0 Å². The maximum Gasteiger partial charge on any atom is 0.191 e. The van der Waals surface area contributed by atoms with Crippen LogP contribution < -0.4 is 25.0 Å². The lowest BCUT2D eigenvalue weighted by Gasteiger charge is -2.16. The molecule has 0 saturated heterocycles. The zero-order valence-electron chi connectivity index (χ0n) is 16.6. The highest BCUT2D eigenvalue weighted by Crippen LogP contribution is 2.27. The van der Waals surface area contributed by atoms with E-state index in [2.05, 4.69) is 44.8 Å². The lowest BCUT2D eigenvalue weighted by molar-refractivity contribution is 0.354. The van der Waals surface area contributed by atoms with Crippen molar-refractivity contribution in [3.8, 4) is 11.5 Å². The van der Waals surface area contributed by atoms with Crippen molar-refractivity contribution in [2.45, 2.75) is 13.1 Å². The van der Waals surface area contributed by atoms with Crippen LogP contribution in [-0.2, 0) is 13.1 Å². The van der Waals surface area contributed by atoms with Crippen LogP contribution in [0.1, 0.15) is 11.1 Å². The summed E-state index contributed by atoms with van der Waals surface area (Å²) in [4.78, 5) is 6.37. The number of methoxy groups -OCH3 is 2. The maximum atomic E-state index is 5.34. The zero-order chi connectivity index (χ0) is 18.9. The Kier molecular flexibility index (Phi) is 9.77. The smallest absolute Gasteiger partial charge is 0.191 e. The van der Waals surface area contributed by atoms with Crippen molar-refractivity contribution in [1.82, 2.24) is 10.6 Å². The molecule has 27 heavy (non-hydrogen) atoms. The Morgan fingerprint density at radius 2 is 1.56 bits per heavy atom. The van der Waals surface area contributed by atoms with Gasteiger partial charge in [-0.25, -0.2) is 0 Å². The average molecular weight is 484 g/mol. The quantitative estimate of drug-likeness (QED) is 0.359. The van der Waals surface area contributed by atoms with Gasteiger partial charge in [0, 0.05) is 39.9 Å².